The van der Waals surface area contributed by atoms with Crippen molar-refractivity contribution in [2.75, 3.05) is 24.6 Å². The molecule has 0 unspecified atom stereocenters. The number of unbranched alkanes of at least 4 members (excludes halogenated alkanes) is 1. The Kier molecular flexibility index (Phi) is 7.55. The Morgan fingerprint density at radius 2 is 2.10 bits per heavy atom. The predicted octanol–water partition coefficient (Wildman–Crippen LogP) is 2.49. The molecule has 0 bridgehead atoms. The average Bonchev–Trinajstić information content (AvgIpc) is 2.41. The lowest BCUT2D eigenvalue weighted by Gasteiger charge is -2.24. The minimum atomic E-state index is 0.168. The molecule has 1 heterocycles. The molecule has 0 saturated heterocycles. The van der Waals surface area contributed by atoms with Gasteiger partial charge in [-0.15, -0.1) is 0 Å². The van der Waals surface area contributed by atoms with Crippen LogP contribution in [0.1, 0.15) is 44.7 Å². The molecule has 0 aliphatic carbocycles. The van der Waals surface area contributed by atoms with Crippen molar-refractivity contribution < 1.29 is 5.11 Å². The number of hydrogen-bond donors (Lipinski definition) is 2. The van der Waals surface area contributed by atoms with E-state index in [1.165, 1.54) is 11.1 Å². The Labute approximate surface area is 123 Å². The van der Waals surface area contributed by atoms with Gasteiger partial charge in [-0.05, 0) is 30.5 Å². The molecule has 0 atom stereocenters. The molecule has 4 nitrogen and oxygen atoms in total. The van der Waals surface area contributed by atoms with Gasteiger partial charge in [-0.3, -0.25) is 0 Å². The summed E-state index contributed by atoms with van der Waals surface area (Å²) in [5.41, 5.74) is 2.39. The van der Waals surface area contributed by atoms with Crippen molar-refractivity contribution in [2.24, 2.45) is 0 Å². The fourth-order valence-corrected chi connectivity index (χ4v) is 2.17. The molecule has 0 aliphatic rings. The first-order chi connectivity index (χ1) is 9.58. The highest BCUT2D eigenvalue weighted by Gasteiger charge is 2.10. The number of rotatable bonds is 9. The maximum Gasteiger partial charge on any atom is 0.131 e. The normalized spacial score (nSPS) is 11.1. The zero-order valence-corrected chi connectivity index (χ0v) is 13.3. The van der Waals surface area contributed by atoms with Crippen molar-refractivity contribution >= 4 is 5.82 Å². The molecule has 0 saturated carbocycles. The summed E-state index contributed by atoms with van der Waals surface area (Å²) in [6, 6.07) is 2.67. The van der Waals surface area contributed by atoms with Crippen LogP contribution in [0.15, 0.2) is 12.3 Å². The summed E-state index contributed by atoms with van der Waals surface area (Å²) >= 11 is 0. The summed E-state index contributed by atoms with van der Waals surface area (Å²) < 4.78 is 0. The van der Waals surface area contributed by atoms with Crippen molar-refractivity contribution in [1.29, 1.82) is 0 Å². The van der Waals surface area contributed by atoms with Gasteiger partial charge in [-0.25, -0.2) is 4.98 Å². The number of aliphatic hydroxyl groups excluding tert-OH is 1. The van der Waals surface area contributed by atoms with Gasteiger partial charge < -0.3 is 15.3 Å². The summed E-state index contributed by atoms with van der Waals surface area (Å²) in [5, 5.41) is 12.6. The van der Waals surface area contributed by atoms with Crippen molar-refractivity contribution in [1.82, 2.24) is 10.3 Å². The first-order valence-electron chi connectivity index (χ1n) is 7.63. The van der Waals surface area contributed by atoms with E-state index in [-0.39, 0.29) is 6.61 Å². The van der Waals surface area contributed by atoms with Crippen molar-refractivity contribution in [3.05, 3.63) is 23.4 Å². The van der Waals surface area contributed by atoms with E-state index < -0.39 is 0 Å². The van der Waals surface area contributed by atoms with Gasteiger partial charge in [0.15, 0.2) is 0 Å². The second-order valence-electron chi connectivity index (χ2n) is 5.58. The highest BCUT2D eigenvalue weighted by atomic mass is 16.3. The van der Waals surface area contributed by atoms with Crippen LogP contribution >= 0.6 is 0 Å². The van der Waals surface area contributed by atoms with Gasteiger partial charge in [0.25, 0.3) is 0 Å². The van der Waals surface area contributed by atoms with Crippen molar-refractivity contribution in [3.8, 4) is 0 Å². The predicted molar refractivity (Wildman–Crippen MR) is 85.2 cm³/mol. The molecule has 1 aromatic rings. The third-order valence-electron chi connectivity index (χ3n) is 3.27. The lowest BCUT2D eigenvalue weighted by molar-refractivity contribution is 0.301. The zero-order valence-electron chi connectivity index (χ0n) is 13.3. The summed E-state index contributed by atoms with van der Waals surface area (Å²) in [7, 11) is 0. The molecule has 0 fully saturated rings. The second-order valence-corrected chi connectivity index (χ2v) is 5.58. The van der Waals surface area contributed by atoms with Crippen LogP contribution in [0, 0.1) is 6.92 Å². The van der Waals surface area contributed by atoms with Crippen molar-refractivity contribution in [2.45, 2.75) is 53.1 Å². The van der Waals surface area contributed by atoms with Gasteiger partial charge in [0, 0.05) is 31.9 Å². The highest BCUT2D eigenvalue weighted by molar-refractivity contribution is 5.47. The van der Waals surface area contributed by atoms with E-state index in [1.54, 1.807) is 0 Å². The maximum absolute atomic E-state index is 9.21. The van der Waals surface area contributed by atoms with Crippen LogP contribution in [0.5, 0.6) is 0 Å². The number of aliphatic hydroxyl groups is 1. The zero-order chi connectivity index (χ0) is 15.0. The van der Waals surface area contributed by atoms with Gasteiger partial charge in [0.2, 0.25) is 0 Å². The third-order valence-corrected chi connectivity index (χ3v) is 3.27. The molecular weight excluding hydrogens is 250 g/mol. The average molecular weight is 279 g/mol. The largest absolute Gasteiger partial charge is 0.395 e. The van der Waals surface area contributed by atoms with Crippen LogP contribution in [0.4, 0.5) is 5.82 Å². The minimum absolute atomic E-state index is 0.168. The van der Waals surface area contributed by atoms with Gasteiger partial charge in [-0.1, -0.05) is 27.2 Å². The molecule has 0 aliphatic heterocycles. The second kappa shape index (κ2) is 8.93. The number of nitrogens with zero attached hydrogens (tertiary/aromatic N) is 2. The Bertz CT molecular complexity index is 393. The van der Waals surface area contributed by atoms with Crippen LogP contribution in [0.25, 0.3) is 0 Å². The van der Waals surface area contributed by atoms with Gasteiger partial charge >= 0.3 is 0 Å². The number of nitrogens with one attached hydrogen (secondary N) is 1. The molecule has 2 N–H and O–H groups in total. The van der Waals surface area contributed by atoms with Crippen molar-refractivity contribution in [3.63, 3.8) is 0 Å². The van der Waals surface area contributed by atoms with E-state index in [1.807, 2.05) is 6.20 Å². The summed E-state index contributed by atoms with van der Waals surface area (Å²) in [6.45, 7) is 11.2. The Morgan fingerprint density at radius 1 is 1.35 bits per heavy atom. The van der Waals surface area contributed by atoms with E-state index in [0.29, 0.717) is 12.6 Å². The molecule has 20 heavy (non-hydrogen) atoms. The van der Waals surface area contributed by atoms with Crippen LogP contribution in [0.3, 0.4) is 0 Å². The fourth-order valence-electron chi connectivity index (χ4n) is 2.17. The first kappa shape index (κ1) is 16.9. The molecule has 0 amide bonds. The molecular formula is C16H29N3O. The van der Waals surface area contributed by atoms with E-state index >= 15 is 0 Å². The summed E-state index contributed by atoms with van der Waals surface area (Å²) in [4.78, 5) is 6.78. The SMILES string of the molecule is CCCCN(CCO)c1ncc(CNC(C)C)cc1C. The molecule has 0 aromatic carbocycles. The lowest BCUT2D eigenvalue weighted by Crippen LogP contribution is -2.29. The monoisotopic (exact) mass is 279 g/mol. The van der Waals surface area contributed by atoms with E-state index in [9.17, 15) is 5.11 Å². The Balaban J connectivity index is 2.77. The molecule has 1 aromatic heterocycles. The quantitative estimate of drug-likeness (QED) is 0.729. The summed E-state index contributed by atoms with van der Waals surface area (Å²) in [5.74, 6) is 1.00. The molecule has 4 heteroatoms. The standard InChI is InChI=1S/C16H29N3O/c1-5-6-7-19(8-9-20)16-14(4)10-15(12-18-16)11-17-13(2)3/h10,12-13,17,20H,5-9,11H2,1-4H3. The minimum Gasteiger partial charge on any atom is -0.395 e. The van der Waals surface area contributed by atoms with Gasteiger partial charge in [0.1, 0.15) is 5.82 Å². The molecule has 114 valence electrons. The van der Waals surface area contributed by atoms with Crippen LogP contribution < -0.4 is 10.2 Å². The van der Waals surface area contributed by atoms with E-state index in [4.69, 9.17) is 0 Å². The molecule has 1 rings (SSSR count). The number of aryl methyl sites for hydroxylation is 1. The van der Waals surface area contributed by atoms with Gasteiger partial charge in [0.05, 0.1) is 6.61 Å². The lowest BCUT2D eigenvalue weighted by atomic mass is 10.1. The Morgan fingerprint density at radius 3 is 2.65 bits per heavy atom. The maximum atomic E-state index is 9.21. The first-order valence-corrected chi connectivity index (χ1v) is 7.63. The number of pyridine rings is 1. The number of anilines is 1. The molecule has 0 spiro atoms. The smallest absolute Gasteiger partial charge is 0.131 e. The fraction of sp³-hybridized carbons (Fsp3) is 0.688. The Hall–Kier alpha value is -1.13. The van der Waals surface area contributed by atoms with E-state index in [0.717, 1.165) is 31.7 Å². The topological polar surface area (TPSA) is 48.4 Å². The summed E-state index contributed by atoms with van der Waals surface area (Å²) in [6.07, 6.45) is 4.21. The van der Waals surface area contributed by atoms with Crippen LogP contribution in [-0.4, -0.2) is 35.8 Å². The molecule has 0 radical (unpaired) electrons. The number of hydrogen-bond acceptors (Lipinski definition) is 4. The number of aromatic nitrogens is 1. The van der Waals surface area contributed by atoms with Crippen LogP contribution in [0.2, 0.25) is 0 Å². The highest BCUT2D eigenvalue weighted by Crippen LogP contribution is 2.18. The third kappa shape index (κ3) is 5.47. The van der Waals surface area contributed by atoms with Crippen LogP contribution in [-0.2, 0) is 6.54 Å². The van der Waals surface area contributed by atoms with Gasteiger partial charge in [-0.2, -0.15) is 0 Å². The van der Waals surface area contributed by atoms with E-state index in [2.05, 4.69) is 49.0 Å².